The van der Waals surface area contributed by atoms with Crippen LogP contribution in [-0.4, -0.2) is 35.6 Å². The first-order valence-electron chi connectivity index (χ1n) is 12.2. The number of hydrogen-bond acceptors (Lipinski definition) is 6. The Morgan fingerprint density at radius 2 is 1.87 bits per heavy atom. The van der Waals surface area contributed by atoms with E-state index in [2.05, 4.69) is 20.1 Å². The Morgan fingerprint density at radius 3 is 2.50 bits per heavy atom. The first-order valence-corrected chi connectivity index (χ1v) is 14.5. The zero-order valence-corrected chi connectivity index (χ0v) is 22.8. The maximum atomic E-state index is 13.5. The molecule has 2 aromatic heterocycles. The average molecular weight is 582 g/mol. The number of rotatable bonds is 7. The van der Waals surface area contributed by atoms with Gasteiger partial charge in [-0.25, -0.2) is 22.5 Å². The largest absolute Gasteiger partial charge is 0.383 e. The molecule has 2 aliphatic rings. The fourth-order valence-electron chi connectivity index (χ4n) is 5.81. The lowest BCUT2D eigenvalue weighted by atomic mass is 9.93. The summed E-state index contributed by atoms with van der Waals surface area (Å²) in [6, 6.07) is 6.85. The molecule has 4 N–H and O–H groups in total. The van der Waals surface area contributed by atoms with E-state index in [-0.39, 0.29) is 32.7 Å². The van der Waals surface area contributed by atoms with Crippen molar-refractivity contribution in [1.29, 1.82) is 0 Å². The number of nitrogen functional groups attached to an aromatic ring is 1. The number of hydrogen-bond donors (Lipinski definition) is 3. The van der Waals surface area contributed by atoms with Crippen LogP contribution in [0.25, 0.3) is 0 Å². The van der Waals surface area contributed by atoms with Gasteiger partial charge in [0.05, 0.1) is 10.7 Å². The van der Waals surface area contributed by atoms with Gasteiger partial charge in [0.25, 0.3) is 5.91 Å². The van der Waals surface area contributed by atoms with Gasteiger partial charge in [-0.2, -0.15) is 5.10 Å². The SMILES string of the molecule is Cn1nc(C2CC3CC(CNS(=O)(=O)c4ccc(Cl)nc4)CC3C2)c(C(=O)Nc2ccc(F)c(Cl)c2)c1N. The number of fused-ring (bicyclic) bond motifs is 1. The van der Waals surface area contributed by atoms with Gasteiger partial charge in [0.1, 0.15) is 27.2 Å². The van der Waals surface area contributed by atoms with Crippen molar-refractivity contribution in [2.24, 2.45) is 24.8 Å². The van der Waals surface area contributed by atoms with E-state index in [4.69, 9.17) is 28.9 Å². The summed E-state index contributed by atoms with van der Waals surface area (Å²) in [5, 5.41) is 7.47. The highest BCUT2D eigenvalue weighted by molar-refractivity contribution is 7.89. The predicted molar refractivity (Wildman–Crippen MR) is 143 cm³/mol. The summed E-state index contributed by atoms with van der Waals surface area (Å²) in [6.07, 6.45) is 4.71. The van der Waals surface area contributed by atoms with Gasteiger partial charge in [-0.15, -0.1) is 0 Å². The van der Waals surface area contributed by atoms with E-state index < -0.39 is 21.7 Å². The number of aromatic nitrogens is 3. The number of sulfonamides is 1. The summed E-state index contributed by atoms with van der Waals surface area (Å²) >= 11 is 11.6. The number of amides is 1. The lowest BCUT2D eigenvalue weighted by Gasteiger charge is -2.16. The van der Waals surface area contributed by atoms with Gasteiger partial charge >= 0.3 is 0 Å². The Morgan fingerprint density at radius 1 is 1.16 bits per heavy atom. The predicted octanol–water partition coefficient (Wildman–Crippen LogP) is 4.59. The molecule has 2 atom stereocenters. The highest BCUT2D eigenvalue weighted by Gasteiger charge is 2.44. The molecular weight excluding hydrogens is 554 g/mol. The molecule has 38 heavy (non-hydrogen) atoms. The number of anilines is 2. The third kappa shape index (κ3) is 5.38. The van der Waals surface area contributed by atoms with Crippen LogP contribution in [0.15, 0.2) is 41.4 Å². The molecule has 2 fully saturated rings. The maximum absolute atomic E-state index is 13.5. The Hall–Kier alpha value is -2.73. The molecule has 9 nitrogen and oxygen atoms in total. The van der Waals surface area contributed by atoms with Crippen molar-refractivity contribution in [3.05, 3.63) is 63.8 Å². The summed E-state index contributed by atoms with van der Waals surface area (Å²) < 4.78 is 42.9. The Balaban J connectivity index is 1.23. The minimum Gasteiger partial charge on any atom is -0.383 e. The lowest BCUT2D eigenvalue weighted by molar-refractivity contribution is 0.102. The molecule has 0 radical (unpaired) electrons. The van der Waals surface area contributed by atoms with Crippen molar-refractivity contribution in [2.45, 2.75) is 36.5 Å². The minimum atomic E-state index is -3.66. The van der Waals surface area contributed by atoms with Crippen LogP contribution in [0.1, 0.15) is 47.7 Å². The fourth-order valence-corrected chi connectivity index (χ4v) is 7.16. The molecule has 2 heterocycles. The second-order valence-electron chi connectivity index (χ2n) is 10.0. The van der Waals surface area contributed by atoms with E-state index in [0.29, 0.717) is 35.3 Å². The van der Waals surface area contributed by atoms with E-state index in [9.17, 15) is 17.6 Å². The number of benzene rings is 1. The van der Waals surface area contributed by atoms with Crippen LogP contribution in [0.3, 0.4) is 0 Å². The van der Waals surface area contributed by atoms with Crippen molar-refractivity contribution in [3.63, 3.8) is 0 Å². The van der Waals surface area contributed by atoms with Gasteiger partial charge in [-0.1, -0.05) is 23.2 Å². The number of nitrogens with zero attached hydrogens (tertiary/aromatic N) is 3. The molecule has 1 amide bonds. The summed E-state index contributed by atoms with van der Waals surface area (Å²) in [4.78, 5) is 17.1. The van der Waals surface area contributed by atoms with Crippen molar-refractivity contribution >= 4 is 50.6 Å². The van der Waals surface area contributed by atoms with E-state index in [1.165, 1.54) is 41.2 Å². The first kappa shape index (κ1) is 26.9. The second-order valence-corrected chi connectivity index (χ2v) is 12.6. The number of pyridine rings is 1. The smallest absolute Gasteiger partial charge is 0.261 e. The Labute approximate surface area is 230 Å². The zero-order valence-electron chi connectivity index (χ0n) is 20.5. The summed E-state index contributed by atoms with van der Waals surface area (Å²) in [5.41, 5.74) is 7.56. The summed E-state index contributed by atoms with van der Waals surface area (Å²) in [7, 11) is -1.97. The molecule has 202 valence electrons. The van der Waals surface area contributed by atoms with E-state index >= 15 is 0 Å². The number of halogens is 3. The molecule has 2 unspecified atom stereocenters. The van der Waals surface area contributed by atoms with Gasteiger partial charge in [0.2, 0.25) is 10.0 Å². The quantitative estimate of drug-likeness (QED) is 0.350. The van der Waals surface area contributed by atoms with Crippen molar-refractivity contribution in [2.75, 3.05) is 17.6 Å². The molecular formula is C25H27Cl2FN6O3S. The van der Waals surface area contributed by atoms with Crippen LogP contribution in [-0.2, 0) is 17.1 Å². The van der Waals surface area contributed by atoms with Crippen LogP contribution < -0.4 is 15.8 Å². The van der Waals surface area contributed by atoms with Gasteiger partial charge < -0.3 is 11.1 Å². The summed E-state index contributed by atoms with van der Waals surface area (Å²) in [6.45, 7) is 0.354. The van der Waals surface area contributed by atoms with Crippen LogP contribution in [0.2, 0.25) is 10.2 Å². The first-order chi connectivity index (χ1) is 18.0. The molecule has 0 bridgehead atoms. The normalized spacial score (nSPS) is 22.9. The summed E-state index contributed by atoms with van der Waals surface area (Å²) in [5.74, 6) is 0.353. The average Bonchev–Trinajstić information content (AvgIpc) is 3.52. The Bertz CT molecular complexity index is 1470. The van der Waals surface area contributed by atoms with Gasteiger partial charge in [0, 0.05) is 31.4 Å². The molecule has 2 aliphatic carbocycles. The van der Waals surface area contributed by atoms with E-state index in [1.54, 1.807) is 7.05 Å². The van der Waals surface area contributed by atoms with Gasteiger partial charge in [0.15, 0.2) is 0 Å². The van der Waals surface area contributed by atoms with Crippen molar-refractivity contribution in [1.82, 2.24) is 19.5 Å². The lowest BCUT2D eigenvalue weighted by Crippen LogP contribution is -2.29. The highest BCUT2D eigenvalue weighted by atomic mass is 35.5. The van der Waals surface area contributed by atoms with Crippen LogP contribution in [0.4, 0.5) is 15.9 Å². The van der Waals surface area contributed by atoms with Gasteiger partial charge in [-0.05, 0) is 73.8 Å². The Kier molecular flexibility index (Phi) is 7.38. The molecule has 1 aromatic carbocycles. The number of nitrogens with two attached hydrogens (primary N) is 1. The number of carbonyl (C=O) groups excluding carboxylic acids is 1. The third-order valence-electron chi connectivity index (χ3n) is 7.60. The topological polar surface area (TPSA) is 132 Å². The van der Waals surface area contributed by atoms with Crippen LogP contribution in [0, 0.1) is 23.6 Å². The van der Waals surface area contributed by atoms with Gasteiger partial charge in [-0.3, -0.25) is 9.48 Å². The zero-order chi connectivity index (χ0) is 27.2. The van der Waals surface area contributed by atoms with Crippen LogP contribution >= 0.6 is 23.2 Å². The second kappa shape index (κ2) is 10.4. The highest BCUT2D eigenvalue weighted by Crippen LogP contribution is 2.53. The monoisotopic (exact) mass is 580 g/mol. The van der Waals surface area contributed by atoms with Crippen LogP contribution in [0.5, 0.6) is 0 Å². The molecule has 0 saturated heterocycles. The fraction of sp³-hybridized carbons (Fsp3) is 0.400. The number of nitrogens with one attached hydrogen (secondary N) is 2. The van der Waals surface area contributed by atoms with Crippen molar-refractivity contribution < 1.29 is 17.6 Å². The molecule has 13 heteroatoms. The standard InChI is InChI=1S/C25H27Cl2FN6O3S/c1-34-24(29)22(25(35)32-17-2-4-20(28)19(26)10-17)23(33-34)16-8-14-6-13(7-15(14)9-16)11-31-38(36,37)18-3-5-21(27)30-12-18/h2-5,10,12-16,31H,6-9,11,29H2,1H3,(H,32,35). The minimum absolute atomic E-state index is 0.0591. The molecule has 2 saturated carbocycles. The third-order valence-corrected chi connectivity index (χ3v) is 9.52. The number of aryl methyl sites for hydroxylation is 1. The van der Waals surface area contributed by atoms with E-state index in [0.717, 1.165) is 25.7 Å². The maximum Gasteiger partial charge on any atom is 0.261 e. The van der Waals surface area contributed by atoms with Crippen molar-refractivity contribution in [3.8, 4) is 0 Å². The van der Waals surface area contributed by atoms with E-state index in [1.807, 2.05) is 0 Å². The number of carbonyl (C=O) groups is 1. The molecule has 3 aromatic rings. The molecule has 5 rings (SSSR count). The molecule has 0 aliphatic heterocycles. The molecule has 0 spiro atoms.